The van der Waals surface area contributed by atoms with Crippen molar-refractivity contribution in [2.45, 2.75) is 33.6 Å². The molecule has 0 unspecified atom stereocenters. The SMILES string of the molecule is CC(C)(C)C1CCN(c2c(Cl)cc(N)cc2C(=O)O)CC1. The van der Waals surface area contributed by atoms with Gasteiger partial charge in [0.2, 0.25) is 0 Å². The summed E-state index contributed by atoms with van der Waals surface area (Å²) in [6, 6.07) is 3.11. The van der Waals surface area contributed by atoms with Gasteiger partial charge in [-0.1, -0.05) is 32.4 Å². The largest absolute Gasteiger partial charge is 0.478 e. The first-order valence-corrected chi connectivity index (χ1v) is 7.65. The number of hydrogen-bond donors (Lipinski definition) is 2. The number of nitrogens with zero attached hydrogens (tertiary/aromatic N) is 1. The number of anilines is 2. The maximum Gasteiger partial charge on any atom is 0.337 e. The van der Waals surface area contributed by atoms with E-state index in [-0.39, 0.29) is 11.0 Å². The Kier molecular flexibility index (Phi) is 4.38. The molecular formula is C16H23ClN2O2. The minimum atomic E-state index is -0.989. The first-order chi connectivity index (χ1) is 9.70. The van der Waals surface area contributed by atoms with Crippen molar-refractivity contribution in [2.75, 3.05) is 23.7 Å². The second-order valence-corrected chi connectivity index (χ2v) is 7.24. The summed E-state index contributed by atoms with van der Waals surface area (Å²) < 4.78 is 0. The van der Waals surface area contributed by atoms with E-state index in [4.69, 9.17) is 17.3 Å². The van der Waals surface area contributed by atoms with Crippen molar-refractivity contribution in [3.63, 3.8) is 0 Å². The van der Waals surface area contributed by atoms with Gasteiger partial charge in [-0.2, -0.15) is 0 Å². The van der Waals surface area contributed by atoms with Crippen LogP contribution >= 0.6 is 11.6 Å². The van der Waals surface area contributed by atoms with Gasteiger partial charge >= 0.3 is 5.97 Å². The lowest BCUT2D eigenvalue weighted by Crippen LogP contribution is -2.38. The summed E-state index contributed by atoms with van der Waals surface area (Å²) in [6.45, 7) is 8.42. The Bertz CT molecular complexity index is 544. The van der Waals surface area contributed by atoms with Crippen molar-refractivity contribution in [1.82, 2.24) is 0 Å². The van der Waals surface area contributed by atoms with Crippen LogP contribution in [0.25, 0.3) is 0 Å². The van der Waals surface area contributed by atoms with E-state index in [1.165, 1.54) is 6.07 Å². The molecule has 0 aromatic heterocycles. The van der Waals surface area contributed by atoms with Crippen LogP contribution in [-0.4, -0.2) is 24.2 Å². The topological polar surface area (TPSA) is 66.6 Å². The van der Waals surface area contributed by atoms with Gasteiger partial charge in [0.1, 0.15) is 0 Å². The summed E-state index contributed by atoms with van der Waals surface area (Å²) in [4.78, 5) is 13.5. The third-order valence-corrected chi connectivity index (χ3v) is 4.64. The lowest BCUT2D eigenvalue weighted by Gasteiger charge is -2.40. The zero-order valence-corrected chi connectivity index (χ0v) is 13.6. The monoisotopic (exact) mass is 310 g/mol. The van der Waals surface area contributed by atoms with Crippen LogP contribution in [0.4, 0.5) is 11.4 Å². The van der Waals surface area contributed by atoms with Gasteiger partial charge in [-0.25, -0.2) is 4.79 Å². The number of aromatic carboxylic acids is 1. The Hall–Kier alpha value is -1.42. The molecule has 1 aromatic carbocycles. The average Bonchev–Trinajstić information content (AvgIpc) is 2.37. The van der Waals surface area contributed by atoms with E-state index in [0.29, 0.717) is 22.3 Å². The van der Waals surface area contributed by atoms with Crippen LogP contribution in [0.1, 0.15) is 44.0 Å². The van der Waals surface area contributed by atoms with E-state index in [2.05, 4.69) is 25.7 Å². The van der Waals surface area contributed by atoms with Crippen molar-refractivity contribution in [3.05, 3.63) is 22.7 Å². The fourth-order valence-corrected chi connectivity index (χ4v) is 3.42. The van der Waals surface area contributed by atoms with Crippen molar-refractivity contribution in [2.24, 2.45) is 11.3 Å². The number of halogens is 1. The number of benzene rings is 1. The maximum atomic E-state index is 11.5. The van der Waals surface area contributed by atoms with E-state index < -0.39 is 5.97 Å². The Morgan fingerprint density at radius 3 is 2.38 bits per heavy atom. The molecular weight excluding hydrogens is 288 g/mol. The highest BCUT2D eigenvalue weighted by molar-refractivity contribution is 6.34. The number of carbonyl (C=O) groups is 1. The number of rotatable bonds is 2. The summed E-state index contributed by atoms with van der Waals surface area (Å²) >= 11 is 6.25. The number of piperidine rings is 1. The normalized spacial score (nSPS) is 17.0. The van der Waals surface area contributed by atoms with Crippen molar-refractivity contribution in [3.8, 4) is 0 Å². The number of hydrogen-bond acceptors (Lipinski definition) is 3. The molecule has 0 amide bonds. The van der Waals surface area contributed by atoms with Crippen LogP contribution < -0.4 is 10.6 Å². The molecule has 1 fully saturated rings. The predicted molar refractivity (Wildman–Crippen MR) is 87.2 cm³/mol. The Balaban J connectivity index is 2.26. The van der Waals surface area contributed by atoms with E-state index in [1.54, 1.807) is 6.07 Å². The van der Waals surface area contributed by atoms with Crippen LogP contribution in [0, 0.1) is 11.3 Å². The number of nitrogens with two attached hydrogens (primary N) is 1. The summed E-state index contributed by atoms with van der Waals surface area (Å²) in [6.07, 6.45) is 2.09. The van der Waals surface area contributed by atoms with Crippen LogP contribution in [0.2, 0.25) is 5.02 Å². The molecule has 0 spiro atoms. The maximum absolute atomic E-state index is 11.5. The van der Waals surface area contributed by atoms with Crippen LogP contribution in [0.15, 0.2) is 12.1 Å². The molecule has 4 nitrogen and oxygen atoms in total. The smallest absolute Gasteiger partial charge is 0.337 e. The summed E-state index contributed by atoms with van der Waals surface area (Å²) in [5.74, 6) is -0.341. The molecule has 0 saturated carbocycles. The Morgan fingerprint density at radius 1 is 1.33 bits per heavy atom. The predicted octanol–water partition coefficient (Wildman–Crippen LogP) is 3.88. The lowest BCUT2D eigenvalue weighted by atomic mass is 9.75. The van der Waals surface area contributed by atoms with Gasteiger partial charge in [-0.3, -0.25) is 0 Å². The molecule has 1 aliphatic heterocycles. The number of carboxylic acid groups (broad SMARTS) is 1. The molecule has 1 aromatic rings. The molecule has 1 saturated heterocycles. The summed E-state index contributed by atoms with van der Waals surface area (Å²) in [5.41, 5.74) is 7.16. The molecule has 1 aliphatic rings. The van der Waals surface area contributed by atoms with Gasteiger partial charge < -0.3 is 15.7 Å². The van der Waals surface area contributed by atoms with Crippen LogP contribution in [0.3, 0.4) is 0 Å². The van der Waals surface area contributed by atoms with Gasteiger partial charge in [0.25, 0.3) is 0 Å². The fraction of sp³-hybridized carbons (Fsp3) is 0.562. The first kappa shape index (κ1) is 16.0. The third-order valence-electron chi connectivity index (χ3n) is 4.35. The molecule has 1 heterocycles. The molecule has 21 heavy (non-hydrogen) atoms. The minimum absolute atomic E-state index is 0.189. The van der Waals surface area contributed by atoms with Crippen molar-refractivity contribution < 1.29 is 9.90 Å². The second kappa shape index (κ2) is 5.76. The molecule has 0 radical (unpaired) electrons. The highest BCUT2D eigenvalue weighted by Gasteiger charge is 2.30. The number of carboxylic acids is 1. The van der Waals surface area contributed by atoms with E-state index in [9.17, 15) is 9.90 Å². The molecule has 0 bridgehead atoms. The molecule has 0 atom stereocenters. The van der Waals surface area contributed by atoms with E-state index >= 15 is 0 Å². The Morgan fingerprint density at radius 2 is 1.90 bits per heavy atom. The highest BCUT2D eigenvalue weighted by Crippen LogP contribution is 2.39. The quantitative estimate of drug-likeness (QED) is 0.813. The summed E-state index contributed by atoms with van der Waals surface area (Å²) in [7, 11) is 0. The van der Waals surface area contributed by atoms with Crippen LogP contribution in [0.5, 0.6) is 0 Å². The third kappa shape index (κ3) is 3.43. The molecule has 116 valence electrons. The van der Waals surface area contributed by atoms with Crippen LogP contribution in [-0.2, 0) is 0 Å². The minimum Gasteiger partial charge on any atom is -0.478 e. The molecule has 5 heteroatoms. The van der Waals surface area contributed by atoms with Crippen molar-refractivity contribution in [1.29, 1.82) is 0 Å². The zero-order valence-electron chi connectivity index (χ0n) is 12.8. The zero-order chi connectivity index (χ0) is 15.8. The lowest BCUT2D eigenvalue weighted by molar-refractivity contribution is 0.0697. The van der Waals surface area contributed by atoms with Gasteiger partial charge in [0, 0.05) is 18.8 Å². The average molecular weight is 311 g/mol. The van der Waals surface area contributed by atoms with Gasteiger partial charge in [0.15, 0.2) is 0 Å². The Labute approximate surface area is 130 Å². The summed E-state index contributed by atoms with van der Waals surface area (Å²) in [5, 5.41) is 9.80. The highest BCUT2D eigenvalue weighted by atomic mass is 35.5. The molecule has 3 N–H and O–H groups in total. The van der Waals surface area contributed by atoms with Gasteiger partial charge in [-0.15, -0.1) is 0 Å². The van der Waals surface area contributed by atoms with E-state index in [0.717, 1.165) is 25.9 Å². The van der Waals surface area contributed by atoms with E-state index in [1.807, 2.05) is 0 Å². The number of nitrogen functional groups attached to an aromatic ring is 1. The first-order valence-electron chi connectivity index (χ1n) is 7.27. The fourth-order valence-electron chi connectivity index (χ4n) is 3.07. The molecule has 2 rings (SSSR count). The molecule has 0 aliphatic carbocycles. The van der Waals surface area contributed by atoms with Gasteiger partial charge in [-0.05, 0) is 36.3 Å². The second-order valence-electron chi connectivity index (χ2n) is 6.83. The van der Waals surface area contributed by atoms with Gasteiger partial charge in [0.05, 0.1) is 16.3 Å². The van der Waals surface area contributed by atoms with Crippen molar-refractivity contribution >= 4 is 28.9 Å². The standard InChI is InChI=1S/C16H23ClN2O2/c1-16(2,3)10-4-6-19(7-5-10)14-12(15(20)21)8-11(18)9-13(14)17/h8-10H,4-7,18H2,1-3H3,(H,20,21).